The van der Waals surface area contributed by atoms with E-state index < -0.39 is 0 Å². The van der Waals surface area contributed by atoms with E-state index in [1.54, 1.807) is 32.4 Å². The van der Waals surface area contributed by atoms with Crippen LogP contribution in [0.25, 0.3) is 0 Å². The Kier molecular flexibility index (Phi) is 5.65. The summed E-state index contributed by atoms with van der Waals surface area (Å²) < 4.78 is 10.4. The number of carbonyl (C=O) groups excluding carboxylic acids is 1. The lowest BCUT2D eigenvalue weighted by Crippen LogP contribution is -2.26. The predicted molar refractivity (Wildman–Crippen MR) is 71.6 cm³/mol. The summed E-state index contributed by atoms with van der Waals surface area (Å²) in [4.78, 5) is 12.4. The smallest absolute Gasteiger partial charge is 0.171 e. The zero-order valence-corrected chi connectivity index (χ0v) is 11.4. The number of hydrogen-bond donors (Lipinski definition) is 1. The Bertz CT molecular complexity index is 404. The van der Waals surface area contributed by atoms with Crippen LogP contribution in [0.1, 0.15) is 23.7 Å². The molecular formula is C14H21NO3. The number of benzene rings is 1. The molecule has 0 aliphatic heterocycles. The van der Waals surface area contributed by atoms with E-state index in [9.17, 15) is 4.79 Å². The molecule has 1 N–H and O–H groups in total. The van der Waals surface area contributed by atoms with Gasteiger partial charge in [0.05, 0.1) is 19.8 Å². The summed E-state index contributed by atoms with van der Waals surface area (Å²) in [6, 6.07) is 5.28. The average molecular weight is 251 g/mol. The summed E-state index contributed by atoms with van der Waals surface area (Å²) in [5.41, 5.74) is 0.582. The van der Waals surface area contributed by atoms with Crippen LogP contribution in [0.5, 0.6) is 11.5 Å². The Morgan fingerprint density at radius 1 is 1.33 bits per heavy atom. The summed E-state index contributed by atoms with van der Waals surface area (Å²) in [5.74, 6) is 1.30. The molecule has 0 aliphatic carbocycles. The lowest BCUT2D eigenvalue weighted by atomic mass is 9.94. The number of hydrogen-bond acceptors (Lipinski definition) is 4. The van der Waals surface area contributed by atoms with Crippen LogP contribution in [0.2, 0.25) is 0 Å². The molecule has 0 bridgehead atoms. The van der Waals surface area contributed by atoms with Gasteiger partial charge < -0.3 is 14.8 Å². The predicted octanol–water partition coefficient (Wildman–Crippen LogP) is 2.13. The Balaban J connectivity index is 3.08. The van der Waals surface area contributed by atoms with Gasteiger partial charge in [0.15, 0.2) is 5.78 Å². The van der Waals surface area contributed by atoms with Gasteiger partial charge in [0.2, 0.25) is 0 Å². The number of methoxy groups -OCH3 is 2. The van der Waals surface area contributed by atoms with E-state index in [1.165, 1.54) is 0 Å². The maximum absolute atomic E-state index is 12.4. The molecular weight excluding hydrogens is 230 g/mol. The lowest BCUT2D eigenvalue weighted by Gasteiger charge is -2.16. The number of rotatable bonds is 7. The molecule has 4 heteroatoms. The van der Waals surface area contributed by atoms with Gasteiger partial charge in [-0.25, -0.2) is 0 Å². The first-order valence-electron chi connectivity index (χ1n) is 6.08. The SMILES string of the molecule is CCC(CNC)C(=O)c1cc(OC)ccc1OC. The third kappa shape index (κ3) is 3.23. The fourth-order valence-corrected chi connectivity index (χ4v) is 1.90. The van der Waals surface area contributed by atoms with Crippen molar-refractivity contribution in [1.82, 2.24) is 5.32 Å². The molecule has 0 radical (unpaired) electrons. The van der Waals surface area contributed by atoms with Gasteiger partial charge in [0.25, 0.3) is 0 Å². The molecule has 0 aliphatic rings. The van der Waals surface area contributed by atoms with Crippen molar-refractivity contribution in [3.63, 3.8) is 0 Å². The van der Waals surface area contributed by atoms with Crippen molar-refractivity contribution in [1.29, 1.82) is 0 Å². The van der Waals surface area contributed by atoms with Crippen molar-refractivity contribution in [2.75, 3.05) is 27.8 Å². The summed E-state index contributed by atoms with van der Waals surface area (Å²) in [6.45, 7) is 2.67. The van der Waals surface area contributed by atoms with E-state index in [-0.39, 0.29) is 11.7 Å². The summed E-state index contributed by atoms with van der Waals surface area (Å²) in [5, 5.41) is 3.04. The molecule has 1 aromatic carbocycles. The van der Waals surface area contributed by atoms with Gasteiger partial charge in [0.1, 0.15) is 11.5 Å². The third-order valence-corrected chi connectivity index (χ3v) is 2.99. The van der Waals surface area contributed by atoms with Crippen LogP contribution in [0.3, 0.4) is 0 Å². The van der Waals surface area contributed by atoms with E-state index in [2.05, 4.69) is 5.32 Å². The molecule has 1 rings (SSSR count). The molecule has 4 nitrogen and oxygen atoms in total. The van der Waals surface area contributed by atoms with E-state index in [0.717, 1.165) is 6.42 Å². The van der Waals surface area contributed by atoms with Crippen LogP contribution in [-0.4, -0.2) is 33.6 Å². The Morgan fingerprint density at radius 2 is 2.06 bits per heavy atom. The summed E-state index contributed by atoms with van der Waals surface area (Å²) in [7, 11) is 5.00. The highest BCUT2D eigenvalue weighted by Gasteiger charge is 2.21. The first-order chi connectivity index (χ1) is 8.67. The van der Waals surface area contributed by atoms with Crippen molar-refractivity contribution in [3.05, 3.63) is 23.8 Å². The van der Waals surface area contributed by atoms with Crippen molar-refractivity contribution in [2.45, 2.75) is 13.3 Å². The molecule has 0 spiro atoms. The number of Topliss-reactive ketones (excluding diaryl/α,β-unsaturated/α-hetero) is 1. The van der Waals surface area contributed by atoms with E-state index in [0.29, 0.717) is 23.6 Å². The number of carbonyl (C=O) groups is 1. The number of nitrogens with one attached hydrogen (secondary N) is 1. The van der Waals surface area contributed by atoms with Crippen LogP contribution in [0.15, 0.2) is 18.2 Å². The molecule has 1 unspecified atom stereocenters. The zero-order chi connectivity index (χ0) is 13.5. The highest BCUT2D eigenvalue weighted by molar-refractivity contribution is 6.00. The van der Waals surface area contributed by atoms with E-state index >= 15 is 0 Å². The van der Waals surface area contributed by atoms with Crippen molar-refractivity contribution in [2.24, 2.45) is 5.92 Å². The highest BCUT2D eigenvalue weighted by Crippen LogP contribution is 2.27. The van der Waals surface area contributed by atoms with Crippen molar-refractivity contribution in [3.8, 4) is 11.5 Å². The van der Waals surface area contributed by atoms with Crippen LogP contribution < -0.4 is 14.8 Å². The number of ether oxygens (including phenoxy) is 2. The summed E-state index contributed by atoms with van der Waals surface area (Å²) in [6.07, 6.45) is 0.792. The maximum Gasteiger partial charge on any atom is 0.171 e. The Labute approximate surface area is 108 Å². The third-order valence-electron chi connectivity index (χ3n) is 2.99. The number of ketones is 1. The van der Waals surface area contributed by atoms with E-state index in [1.807, 2.05) is 14.0 Å². The second-order valence-electron chi connectivity index (χ2n) is 4.09. The normalized spacial score (nSPS) is 12.0. The molecule has 0 heterocycles. The van der Waals surface area contributed by atoms with Crippen LogP contribution in [0, 0.1) is 5.92 Å². The second-order valence-corrected chi connectivity index (χ2v) is 4.09. The van der Waals surface area contributed by atoms with Gasteiger partial charge in [-0.3, -0.25) is 4.79 Å². The molecule has 0 aromatic heterocycles. The fourth-order valence-electron chi connectivity index (χ4n) is 1.90. The fraction of sp³-hybridized carbons (Fsp3) is 0.500. The Morgan fingerprint density at radius 3 is 2.56 bits per heavy atom. The van der Waals surface area contributed by atoms with Gasteiger partial charge in [-0.15, -0.1) is 0 Å². The molecule has 18 heavy (non-hydrogen) atoms. The van der Waals surface area contributed by atoms with Gasteiger partial charge >= 0.3 is 0 Å². The maximum atomic E-state index is 12.4. The second kappa shape index (κ2) is 7.01. The monoisotopic (exact) mass is 251 g/mol. The van der Waals surface area contributed by atoms with Crippen LogP contribution in [-0.2, 0) is 0 Å². The minimum Gasteiger partial charge on any atom is -0.497 e. The topological polar surface area (TPSA) is 47.6 Å². The van der Waals surface area contributed by atoms with Gasteiger partial charge in [-0.05, 0) is 31.7 Å². The minimum absolute atomic E-state index is 0.0454. The van der Waals surface area contributed by atoms with Crippen molar-refractivity contribution < 1.29 is 14.3 Å². The molecule has 0 saturated heterocycles. The first-order valence-corrected chi connectivity index (χ1v) is 6.08. The largest absolute Gasteiger partial charge is 0.497 e. The molecule has 0 saturated carbocycles. The van der Waals surface area contributed by atoms with E-state index in [4.69, 9.17) is 9.47 Å². The highest BCUT2D eigenvalue weighted by atomic mass is 16.5. The minimum atomic E-state index is -0.0454. The van der Waals surface area contributed by atoms with Gasteiger partial charge in [0, 0.05) is 12.5 Å². The van der Waals surface area contributed by atoms with Crippen LogP contribution in [0.4, 0.5) is 0 Å². The zero-order valence-electron chi connectivity index (χ0n) is 11.4. The van der Waals surface area contributed by atoms with Crippen molar-refractivity contribution >= 4 is 5.78 Å². The Hall–Kier alpha value is -1.55. The van der Waals surface area contributed by atoms with Crippen LogP contribution >= 0.6 is 0 Å². The van der Waals surface area contributed by atoms with Gasteiger partial charge in [-0.1, -0.05) is 6.92 Å². The molecule has 100 valence electrons. The lowest BCUT2D eigenvalue weighted by molar-refractivity contribution is 0.0913. The molecule has 0 fully saturated rings. The average Bonchev–Trinajstić information content (AvgIpc) is 2.43. The standard InChI is InChI=1S/C14H21NO3/c1-5-10(9-15-2)14(16)12-8-11(17-3)6-7-13(12)18-4/h6-8,10,15H,5,9H2,1-4H3. The molecule has 1 atom stereocenters. The quantitative estimate of drug-likeness (QED) is 0.754. The first kappa shape index (κ1) is 14.5. The summed E-state index contributed by atoms with van der Waals surface area (Å²) >= 11 is 0. The molecule has 1 aromatic rings. The van der Waals surface area contributed by atoms with Gasteiger partial charge in [-0.2, -0.15) is 0 Å². The molecule has 0 amide bonds.